The Morgan fingerprint density at radius 1 is 1.02 bits per heavy atom. The van der Waals surface area contributed by atoms with Crippen LogP contribution in [0.2, 0.25) is 0 Å². The molecular weight excluding hydrogens is 564 g/mol. The van der Waals surface area contributed by atoms with Gasteiger partial charge in [-0.1, -0.05) is 42.0 Å². The summed E-state index contributed by atoms with van der Waals surface area (Å²) in [7, 11) is 0. The van der Waals surface area contributed by atoms with Crippen LogP contribution in [0.25, 0.3) is 0 Å². The number of carbonyl (C=O) groups is 2. The molecule has 1 aliphatic heterocycles. The Balaban J connectivity index is 0.000000555. The van der Waals surface area contributed by atoms with Crippen molar-refractivity contribution >= 4 is 11.8 Å². The minimum atomic E-state index is -2.93. The van der Waals surface area contributed by atoms with Gasteiger partial charge in [0.2, 0.25) is 5.89 Å². The summed E-state index contributed by atoms with van der Waals surface area (Å²) < 4.78 is 32.4. The zero-order valence-electron chi connectivity index (χ0n) is 25.4. The van der Waals surface area contributed by atoms with E-state index in [0.717, 1.165) is 25.5 Å². The number of hydrogen-bond donors (Lipinski definition) is 2. The van der Waals surface area contributed by atoms with Crippen LogP contribution in [0, 0.1) is 13.8 Å². The van der Waals surface area contributed by atoms with E-state index < -0.39 is 5.92 Å². The summed E-state index contributed by atoms with van der Waals surface area (Å²) in [6.07, 6.45) is 6.59. The van der Waals surface area contributed by atoms with Gasteiger partial charge in [-0.3, -0.25) is 14.6 Å². The van der Waals surface area contributed by atoms with Crippen molar-refractivity contribution in [3.63, 3.8) is 0 Å². The van der Waals surface area contributed by atoms with E-state index in [9.17, 15) is 18.4 Å². The van der Waals surface area contributed by atoms with Gasteiger partial charge < -0.3 is 20.0 Å². The number of oxazole rings is 1. The van der Waals surface area contributed by atoms with Crippen LogP contribution in [0.4, 0.5) is 8.78 Å². The number of aromatic nitrogens is 2. The van der Waals surface area contributed by atoms with E-state index in [2.05, 4.69) is 39.7 Å². The highest BCUT2D eigenvalue weighted by Crippen LogP contribution is 2.32. The molecule has 2 amide bonds. The lowest BCUT2D eigenvalue weighted by Crippen LogP contribution is -2.31. The summed E-state index contributed by atoms with van der Waals surface area (Å²) in [5.74, 6) is -2.81. The van der Waals surface area contributed by atoms with Gasteiger partial charge in [0, 0.05) is 55.6 Å². The standard InChI is InChI=1S/C27H31F2N5O3.C7H8/c1-18-17-37-25(33-18)23-8-4-11-34(23)26(36)21-7-3-6-20(13-21)24(35)32-10-5-9-30-14-19-12-22(16-31-15-19)27(2,28)29;1-7-5-3-2-4-6-7/h3,6-7,12-13,15-17,23,30H,4-5,8-11,14H2,1-2H3,(H,32,35);2-6H,1H3. The van der Waals surface area contributed by atoms with Crippen LogP contribution in [-0.4, -0.2) is 46.3 Å². The van der Waals surface area contributed by atoms with Gasteiger partial charge in [-0.05, 0) is 69.5 Å². The molecular formula is C34H39F2N5O3. The topological polar surface area (TPSA) is 100 Å². The average Bonchev–Trinajstić information content (AvgIpc) is 3.68. The number of likely N-dealkylation sites (tertiary alicyclic amines) is 1. The Hall–Kier alpha value is -4.44. The second kappa shape index (κ2) is 15.3. The predicted octanol–water partition coefficient (Wildman–Crippen LogP) is 6.37. The molecule has 1 atom stereocenters. The first-order valence-electron chi connectivity index (χ1n) is 14.8. The third-order valence-corrected chi connectivity index (χ3v) is 7.19. The third kappa shape index (κ3) is 9.28. The van der Waals surface area contributed by atoms with Crippen molar-refractivity contribution in [1.82, 2.24) is 25.5 Å². The fraction of sp³-hybridized carbons (Fsp3) is 0.353. The number of aryl methyl sites for hydroxylation is 2. The first kappa shape index (κ1) is 32.5. The minimum Gasteiger partial charge on any atom is -0.446 e. The number of benzene rings is 2. The fourth-order valence-corrected chi connectivity index (χ4v) is 4.86. The number of pyridine rings is 1. The van der Waals surface area contributed by atoms with Crippen molar-refractivity contribution in [3.8, 4) is 0 Å². The molecule has 0 spiro atoms. The number of alkyl halides is 2. The number of carbonyl (C=O) groups excluding carboxylic acids is 2. The molecule has 0 saturated carbocycles. The van der Waals surface area contributed by atoms with Crippen molar-refractivity contribution < 1.29 is 22.8 Å². The molecule has 44 heavy (non-hydrogen) atoms. The third-order valence-electron chi connectivity index (χ3n) is 7.19. The predicted molar refractivity (Wildman–Crippen MR) is 164 cm³/mol. The van der Waals surface area contributed by atoms with Gasteiger partial charge in [0.1, 0.15) is 12.3 Å². The highest BCUT2D eigenvalue weighted by atomic mass is 19.3. The summed E-state index contributed by atoms with van der Waals surface area (Å²) in [4.78, 5) is 35.9. The maximum Gasteiger partial charge on any atom is 0.272 e. The lowest BCUT2D eigenvalue weighted by Gasteiger charge is -2.22. The van der Waals surface area contributed by atoms with E-state index >= 15 is 0 Å². The molecule has 0 aliphatic carbocycles. The van der Waals surface area contributed by atoms with Crippen LogP contribution in [0.1, 0.15) is 81.2 Å². The number of amides is 2. The van der Waals surface area contributed by atoms with E-state index in [-0.39, 0.29) is 23.4 Å². The molecule has 1 unspecified atom stereocenters. The molecule has 5 rings (SSSR count). The number of hydrogen-bond acceptors (Lipinski definition) is 6. The Morgan fingerprint density at radius 3 is 2.48 bits per heavy atom. The van der Waals surface area contributed by atoms with Crippen LogP contribution in [-0.2, 0) is 12.5 Å². The van der Waals surface area contributed by atoms with Crippen molar-refractivity contribution in [2.24, 2.45) is 0 Å². The highest BCUT2D eigenvalue weighted by molar-refractivity contribution is 5.99. The van der Waals surface area contributed by atoms with Gasteiger partial charge >= 0.3 is 0 Å². The molecule has 1 aliphatic rings. The maximum absolute atomic E-state index is 13.4. The van der Waals surface area contributed by atoms with Crippen molar-refractivity contribution in [2.45, 2.75) is 58.5 Å². The molecule has 4 aromatic rings. The van der Waals surface area contributed by atoms with Crippen LogP contribution < -0.4 is 10.6 Å². The lowest BCUT2D eigenvalue weighted by molar-refractivity contribution is 0.0170. The molecule has 0 radical (unpaired) electrons. The van der Waals surface area contributed by atoms with Crippen LogP contribution in [0.15, 0.2) is 83.7 Å². The Bertz CT molecular complexity index is 1520. The van der Waals surface area contributed by atoms with Gasteiger partial charge in [-0.15, -0.1) is 0 Å². The number of nitrogens with zero attached hydrogens (tertiary/aromatic N) is 3. The van der Waals surface area contributed by atoms with E-state index in [1.807, 2.05) is 25.1 Å². The Labute approximate surface area is 256 Å². The molecule has 2 aromatic heterocycles. The number of halogens is 2. The highest BCUT2D eigenvalue weighted by Gasteiger charge is 2.34. The number of nitrogens with one attached hydrogen (secondary N) is 2. The van der Waals surface area contributed by atoms with Crippen LogP contribution in [0.3, 0.4) is 0 Å². The molecule has 8 nitrogen and oxygen atoms in total. The molecule has 232 valence electrons. The average molecular weight is 604 g/mol. The van der Waals surface area contributed by atoms with Gasteiger partial charge in [-0.2, -0.15) is 0 Å². The SMILES string of the molecule is Cc1ccccc1.Cc1coc(C2CCCN2C(=O)c2cccc(C(=O)NCCCNCc3cncc(C(C)(F)F)c3)c2)n1. The molecule has 3 heterocycles. The van der Waals surface area contributed by atoms with E-state index in [1.165, 1.54) is 17.8 Å². The Kier molecular flexibility index (Phi) is 11.3. The zero-order chi connectivity index (χ0) is 31.5. The van der Waals surface area contributed by atoms with Gasteiger partial charge in [0.25, 0.3) is 17.7 Å². The summed E-state index contributed by atoms with van der Waals surface area (Å²) in [6, 6.07) is 18.2. The molecule has 2 N–H and O–H groups in total. The zero-order valence-corrected chi connectivity index (χ0v) is 25.4. The van der Waals surface area contributed by atoms with Gasteiger partial charge in [0.15, 0.2) is 0 Å². The largest absolute Gasteiger partial charge is 0.446 e. The first-order chi connectivity index (χ1) is 21.1. The van der Waals surface area contributed by atoms with Crippen molar-refractivity contribution in [2.75, 3.05) is 19.6 Å². The fourth-order valence-electron chi connectivity index (χ4n) is 4.86. The first-order valence-corrected chi connectivity index (χ1v) is 14.8. The number of rotatable bonds is 10. The van der Waals surface area contributed by atoms with Gasteiger partial charge in [0.05, 0.1) is 5.69 Å². The summed E-state index contributed by atoms with van der Waals surface area (Å²) in [6.45, 7) is 6.79. The quantitative estimate of drug-likeness (QED) is 0.204. The molecule has 10 heteroatoms. The van der Waals surface area contributed by atoms with Crippen LogP contribution in [0.5, 0.6) is 0 Å². The van der Waals surface area contributed by atoms with Crippen LogP contribution >= 0.6 is 0 Å². The normalized spacial score (nSPS) is 14.6. The second-order valence-corrected chi connectivity index (χ2v) is 11.0. The minimum absolute atomic E-state index is 0.118. The molecule has 1 saturated heterocycles. The summed E-state index contributed by atoms with van der Waals surface area (Å²) in [5.41, 5.74) is 3.50. The van der Waals surface area contributed by atoms with Crippen molar-refractivity contribution in [1.29, 1.82) is 0 Å². The van der Waals surface area contributed by atoms with Gasteiger partial charge in [-0.25, -0.2) is 13.8 Å². The van der Waals surface area contributed by atoms with E-state index in [4.69, 9.17) is 4.42 Å². The smallest absolute Gasteiger partial charge is 0.272 e. The molecule has 1 fully saturated rings. The monoisotopic (exact) mass is 603 g/mol. The summed E-state index contributed by atoms with van der Waals surface area (Å²) >= 11 is 0. The summed E-state index contributed by atoms with van der Waals surface area (Å²) in [5, 5.41) is 6.03. The van der Waals surface area contributed by atoms with Crippen molar-refractivity contribution in [3.05, 3.63) is 119 Å². The van der Waals surface area contributed by atoms with E-state index in [1.54, 1.807) is 41.6 Å². The molecule has 2 aromatic carbocycles. The van der Waals surface area contributed by atoms with E-state index in [0.29, 0.717) is 55.2 Å². The Morgan fingerprint density at radius 2 is 1.80 bits per heavy atom. The maximum atomic E-state index is 13.4. The lowest BCUT2D eigenvalue weighted by atomic mass is 10.1. The molecule has 0 bridgehead atoms. The second-order valence-electron chi connectivity index (χ2n) is 11.0.